The number of carbonyl (C=O) groups is 2. The second-order valence-electron chi connectivity index (χ2n) is 8.54. The fourth-order valence-electron chi connectivity index (χ4n) is 4.52. The first-order chi connectivity index (χ1) is 16.9. The van der Waals surface area contributed by atoms with Crippen LogP contribution in [0.4, 0.5) is 16.2 Å². The number of urea groups is 1. The summed E-state index contributed by atoms with van der Waals surface area (Å²) in [6.45, 7) is 7.56. The van der Waals surface area contributed by atoms with Crippen LogP contribution in [0.3, 0.4) is 0 Å². The van der Waals surface area contributed by atoms with E-state index in [0.29, 0.717) is 23.4 Å². The normalized spacial score (nSPS) is 18.6. The average Bonchev–Trinajstić information content (AvgIpc) is 2.85. The number of nitro benzene ring substituents is 1. The number of aryl methyl sites for hydroxylation is 1. The molecule has 0 spiro atoms. The molecule has 2 heterocycles. The van der Waals surface area contributed by atoms with Gasteiger partial charge in [0.15, 0.2) is 0 Å². The summed E-state index contributed by atoms with van der Waals surface area (Å²) in [6, 6.07) is 12.9. The van der Waals surface area contributed by atoms with Gasteiger partial charge in [0.05, 0.1) is 23.1 Å². The third-order valence-corrected chi connectivity index (χ3v) is 6.30. The van der Waals surface area contributed by atoms with Gasteiger partial charge >= 0.3 is 12.0 Å². The number of amides is 2. The zero-order valence-corrected chi connectivity index (χ0v) is 19.8. The SMILES string of the molecule is CCOC(=O)C1=C(CN2CCN(c3ccccc3C)CC2)NC(=O)NC1c1ccc([N+](=O)[O-])cc1. The molecular weight excluding hydrogens is 450 g/mol. The highest BCUT2D eigenvalue weighted by Crippen LogP contribution is 2.30. The Morgan fingerprint density at radius 2 is 1.80 bits per heavy atom. The van der Waals surface area contributed by atoms with Gasteiger partial charge in [0.25, 0.3) is 5.69 Å². The van der Waals surface area contributed by atoms with Crippen LogP contribution in [0.15, 0.2) is 59.8 Å². The fourth-order valence-corrected chi connectivity index (χ4v) is 4.52. The Morgan fingerprint density at radius 1 is 1.11 bits per heavy atom. The Labute approximate surface area is 203 Å². The molecule has 4 rings (SSSR count). The van der Waals surface area contributed by atoms with Crippen molar-refractivity contribution < 1.29 is 19.2 Å². The number of rotatable bonds is 7. The zero-order valence-electron chi connectivity index (χ0n) is 19.8. The molecule has 1 fully saturated rings. The van der Waals surface area contributed by atoms with Crippen LogP contribution < -0.4 is 15.5 Å². The van der Waals surface area contributed by atoms with E-state index in [9.17, 15) is 19.7 Å². The maximum absolute atomic E-state index is 13.0. The number of nitrogens with one attached hydrogen (secondary N) is 2. The lowest BCUT2D eigenvalue weighted by Crippen LogP contribution is -2.52. The molecule has 2 aliphatic rings. The molecular formula is C25H29N5O5. The van der Waals surface area contributed by atoms with E-state index < -0.39 is 23.0 Å². The monoisotopic (exact) mass is 479 g/mol. The van der Waals surface area contributed by atoms with Crippen molar-refractivity contribution in [2.45, 2.75) is 19.9 Å². The lowest BCUT2D eigenvalue weighted by atomic mass is 9.94. The molecule has 0 bridgehead atoms. The molecule has 0 aromatic heterocycles. The summed E-state index contributed by atoms with van der Waals surface area (Å²) in [6.07, 6.45) is 0. The predicted octanol–water partition coefficient (Wildman–Crippen LogP) is 2.90. The molecule has 1 saturated heterocycles. The molecule has 1 unspecified atom stereocenters. The average molecular weight is 480 g/mol. The molecule has 1 atom stereocenters. The Morgan fingerprint density at radius 3 is 2.43 bits per heavy atom. The number of esters is 1. The minimum Gasteiger partial charge on any atom is -0.463 e. The van der Waals surface area contributed by atoms with Gasteiger partial charge in [-0.1, -0.05) is 18.2 Å². The first kappa shape index (κ1) is 24.2. The molecule has 2 amide bonds. The number of para-hydroxylation sites is 1. The number of non-ortho nitro benzene ring substituents is 1. The van der Waals surface area contributed by atoms with Crippen molar-refractivity contribution in [2.75, 3.05) is 44.2 Å². The number of piperazine rings is 1. The second kappa shape index (κ2) is 10.6. The van der Waals surface area contributed by atoms with Crippen LogP contribution in [-0.4, -0.2) is 61.2 Å². The predicted molar refractivity (Wildman–Crippen MR) is 131 cm³/mol. The van der Waals surface area contributed by atoms with E-state index in [1.54, 1.807) is 19.1 Å². The van der Waals surface area contributed by atoms with Gasteiger partial charge in [-0.15, -0.1) is 0 Å². The van der Waals surface area contributed by atoms with Gasteiger partial charge in [-0.2, -0.15) is 0 Å². The molecule has 35 heavy (non-hydrogen) atoms. The fraction of sp³-hybridized carbons (Fsp3) is 0.360. The standard InChI is InChI=1S/C25H29N5O5/c1-3-35-24(31)22-20(16-28-12-14-29(15-13-28)21-7-5-4-6-17(21)2)26-25(32)27-23(22)18-8-10-19(11-9-18)30(33)34/h4-11,23H,3,12-16H2,1-2H3,(H2,26,27,32). The Hall–Kier alpha value is -3.92. The molecule has 10 nitrogen and oxygen atoms in total. The largest absolute Gasteiger partial charge is 0.463 e. The lowest BCUT2D eigenvalue weighted by molar-refractivity contribution is -0.384. The van der Waals surface area contributed by atoms with Crippen LogP contribution in [0.5, 0.6) is 0 Å². The van der Waals surface area contributed by atoms with Gasteiger partial charge in [0.1, 0.15) is 0 Å². The quantitative estimate of drug-likeness (QED) is 0.356. The summed E-state index contributed by atoms with van der Waals surface area (Å²) in [5.41, 5.74) is 3.73. The van der Waals surface area contributed by atoms with Crippen LogP contribution in [0, 0.1) is 17.0 Å². The van der Waals surface area contributed by atoms with Crippen LogP contribution in [0.2, 0.25) is 0 Å². The van der Waals surface area contributed by atoms with Crippen LogP contribution in [0.1, 0.15) is 24.1 Å². The van der Waals surface area contributed by atoms with Crippen molar-refractivity contribution in [3.05, 3.63) is 81.0 Å². The van der Waals surface area contributed by atoms with E-state index in [1.807, 2.05) is 12.1 Å². The smallest absolute Gasteiger partial charge is 0.338 e. The van der Waals surface area contributed by atoms with Gasteiger partial charge in [-0.3, -0.25) is 15.0 Å². The third-order valence-electron chi connectivity index (χ3n) is 6.30. The van der Waals surface area contributed by atoms with Crippen molar-refractivity contribution in [3.8, 4) is 0 Å². The molecule has 0 radical (unpaired) electrons. The highest BCUT2D eigenvalue weighted by atomic mass is 16.6. The van der Waals surface area contributed by atoms with E-state index in [4.69, 9.17) is 4.74 Å². The van der Waals surface area contributed by atoms with Crippen LogP contribution in [0.25, 0.3) is 0 Å². The highest BCUT2D eigenvalue weighted by molar-refractivity contribution is 5.95. The number of anilines is 1. The number of nitrogens with zero attached hydrogens (tertiary/aromatic N) is 3. The Bertz CT molecular complexity index is 1140. The van der Waals surface area contributed by atoms with Crippen molar-refractivity contribution in [2.24, 2.45) is 0 Å². The number of nitro groups is 1. The van der Waals surface area contributed by atoms with Crippen LogP contribution >= 0.6 is 0 Å². The summed E-state index contributed by atoms with van der Waals surface area (Å²) >= 11 is 0. The topological polar surface area (TPSA) is 117 Å². The van der Waals surface area contributed by atoms with Crippen molar-refractivity contribution in [1.29, 1.82) is 0 Å². The van der Waals surface area contributed by atoms with Gasteiger partial charge < -0.3 is 20.3 Å². The minimum atomic E-state index is -0.771. The van der Waals surface area contributed by atoms with Gasteiger partial charge in [-0.25, -0.2) is 9.59 Å². The summed E-state index contributed by atoms with van der Waals surface area (Å²) in [5.74, 6) is -0.531. The van der Waals surface area contributed by atoms with Crippen LogP contribution in [-0.2, 0) is 9.53 Å². The molecule has 2 aliphatic heterocycles. The molecule has 184 valence electrons. The molecule has 2 aromatic carbocycles. The molecule has 2 N–H and O–H groups in total. The zero-order chi connectivity index (χ0) is 24.9. The summed E-state index contributed by atoms with van der Waals surface area (Å²) < 4.78 is 5.31. The number of hydrogen-bond donors (Lipinski definition) is 2. The maximum Gasteiger partial charge on any atom is 0.338 e. The van der Waals surface area contributed by atoms with Crippen molar-refractivity contribution in [3.63, 3.8) is 0 Å². The van der Waals surface area contributed by atoms with E-state index in [-0.39, 0.29) is 12.3 Å². The summed E-state index contributed by atoms with van der Waals surface area (Å²) in [5, 5.41) is 16.6. The van der Waals surface area contributed by atoms with E-state index >= 15 is 0 Å². The molecule has 10 heteroatoms. The van der Waals surface area contributed by atoms with Crippen molar-refractivity contribution >= 4 is 23.4 Å². The second-order valence-corrected chi connectivity index (χ2v) is 8.54. The number of carbonyl (C=O) groups excluding carboxylic acids is 2. The lowest BCUT2D eigenvalue weighted by Gasteiger charge is -2.38. The first-order valence-corrected chi connectivity index (χ1v) is 11.6. The Balaban J connectivity index is 1.57. The first-order valence-electron chi connectivity index (χ1n) is 11.6. The van der Waals surface area contributed by atoms with Gasteiger partial charge in [0.2, 0.25) is 0 Å². The number of benzene rings is 2. The van der Waals surface area contributed by atoms with Crippen molar-refractivity contribution in [1.82, 2.24) is 15.5 Å². The maximum atomic E-state index is 13.0. The molecule has 0 saturated carbocycles. The summed E-state index contributed by atoms with van der Waals surface area (Å²) in [4.78, 5) is 40.6. The number of hydrogen-bond acceptors (Lipinski definition) is 7. The Kier molecular flexibility index (Phi) is 7.31. The summed E-state index contributed by atoms with van der Waals surface area (Å²) in [7, 11) is 0. The molecule has 2 aromatic rings. The number of ether oxygens (including phenoxy) is 1. The van der Waals surface area contributed by atoms with E-state index in [2.05, 4.69) is 39.5 Å². The minimum absolute atomic E-state index is 0.0672. The van der Waals surface area contributed by atoms with Gasteiger partial charge in [-0.05, 0) is 43.2 Å². The van der Waals surface area contributed by atoms with Gasteiger partial charge in [0, 0.05) is 56.2 Å². The van der Waals surface area contributed by atoms with E-state index in [0.717, 1.165) is 26.2 Å². The third kappa shape index (κ3) is 5.43. The molecule has 0 aliphatic carbocycles. The van der Waals surface area contributed by atoms with E-state index in [1.165, 1.54) is 23.4 Å². The highest BCUT2D eigenvalue weighted by Gasteiger charge is 2.35.